The molecule has 1 aliphatic rings. The zero-order chi connectivity index (χ0) is 14.2. The average molecular weight is 260 g/mol. The molecule has 3 heteroatoms. The van der Waals surface area contributed by atoms with E-state index in [0.29, 0.717) is 12.0 Å². The van der Waals surface area contributed by atoms with E-state index < -0.39 is 0 Å². The Balaban J connectivity index is 2.55. The Kier molecular flexibility index (Phi) is 3.57. The molecular formula is C16H24N2O. The number of nitrogens with zero attached hydrogens (tertiary/aromatic N) is 2. The second-order valence-corrected chi connectivity index (χ2v) is 6.44. The number of fused-ring (bicyclic) bond motifs is 1. The van der Waals surface area contributed by atoms with Gasteiger partial charge in [0, 0.05) is 17.3 Å². The Morgan fingerprint density at radius 1 is 1.42 bits per heavy atom. The van der Waals surface area contributed by atoms with Gasteiger partial charge in [0.25, 0.3) is 0 Å². The standard InChI is InChI=1S/C16H24N2O/c1-11(2)18-15-7-6-13(10-17-19)8-14(15)12(3)9-16(18,4)5/h6-8,10-12,19H,9H2,1-5H3/b17-10+. The molecule has 0 amide bonds. The van der Waals surface area contributed by atoms with Gasteiger partial charge in [-0.05, 0) is 63.3 Å². The van der Waals surface area contributed by atoms with E-state index in [4.69, 9.17) is 5.21 Å². The zero-order valence-electron chi connectivity index (χ0n) is 12.5. The van der Waals surface area contributed by atoms with Crippen LogP contribution in [0.1, 0.15) is 58.1 Å². The first kappa shape index (κ1) is 13.9. The SMILES string of the molecule is CC1CC(C)(C)N(C(C)C)c2ccc(/C=N/O)cc21. The van der Waals surface area contributed by atoms with Crippen LogP contribution in [0.3, 0.4) is 0 Å². The molecule has 1 atom stereocenters. The Labute approximate surface area is 115 Å². The minimum atomic E-state index is 0.174. The number of benzene rings is 1. The summed E-state index contributed by atoms with van der Waals surface area (Å²) >= 11 is 0. The first-order valence-electron chi connectivity index (χ1n) is 6.97. The number of anilines is 1. The van der Waals surface area contributed by atoms with Crippen molar-refractivity contribution in [2.45, 2.75) is 58.5 Å². The smallest absolute Gasteiger partial charge is 0.0733 e. The summed E-state index contributed by atoms with van der Waals surface area (Å²) in [5.41, 5.74) is 3.79. The molecule has 0 bridgehead atoms. The number of hydrogen-bond donors (Lipinski definition) is 1. The van der Waals surface area contributed by atoms with E-state index in [1.807, 2.05) is 6.07 Å². The molecule has 19 heavy (non-hydrogen) atoms. The van der Waals surface area contributed by atoms with E-state index in [1.54, 1.807) is 0 Å². The van der Waals surface area contributed by atoms with Crippen LogP contribution in [0.25, 0.3) is 0 Å². The van der Waals surface area contributed by atoms with Gasteiger partial charge in [-0.25, -0.2) is 0 Å². The normalized spacial score (nSPS) is 22.0. The highest BCUT2D eigenvalue weighted by Gasteiger charge is 2.37. The summed E-state index contributed by atoms with van der Waals surface area (Å²) < 4.78 is 0. The van der Waals surface area contributed by atoms with Gasteiger partial charge in [-0.1, -0.05) is 18.1 Å². The fraction of sp³-hybridized carbons (Fsp3) is 0.562. The van der Waals surface area contributed by atoms with Gasteiger partial charge in [0.2, 0.25) is 0 Å². The van der Waals surface area contributed by atoms with Gasteiger partial charge in [-0.2, -0.15) is 0 Å². The lowest BCUT2D eigenvalue weighted by atomic mass is 9.79. The molecule has 0 aliphatic carbocycles. The van der Waals surface area contributed by atoms with Gasteiger partial charge in [-0.3, -0.25) is 0 Å². The average Bonchev–Trinajstić information content (AvgIpc) is 2.28. The molecule has 0 saturated heterocycles. The molecule has 1 heterocycles. The van der Waals surface area contributed by atoms with Crippen molar-refractivity contribution < 1.29 is 5.21 Å². The molecule has 0 fully saturated rings. The molecule has 0 spiro atoms. The molecule has 1 aromatic rings. The third-order valence-electron chi connectivity index (χ3n) is 4.02. The van der Waals surface area contributed by atoms with Crippen molar-refractivity contribution >= 4 is 11.9 Å². The summed E-state index contributed by atoms with van der Waals surface area (Å²) in [4.78, 5) is 2.50. The minimum Gasteiger partial charge on any atom is -0.411 e. The first-order valence-corrected chi connectivity index (χ1v) is 6.97. The largest absolute Gasteiger partial charge is 0.411 e. The van der Waals surface area contributed by atoms with Crippen LogP contribution < -0.4 is 4.90 Å². The molecule has 0 radical (unpaired) electrons. The summed E-state index contributed by atoms with van der Waals surface area (Å²) in [6.07, 6.45) is 2.63. The van der Waals surface area contributed by atoms with Crippen LogP contribution in [0.15, 0.2) is 23.4 Å². The van der Waals surface area contributed by atoms with Crippen molar-refractivity contribution in [2.75, 3.05) is 4.90 Å². The van der Waals surface area contributed by atoms with E-state index in [9.17, 15) is 0 Å². The van der Waals surface area contributed by atoms with E-state index in [-0.39, 0.29) is 5.54 Å². The molecule has 0 aromatic heterocycles. The second-order valence-electron chi connectivity index (χ2n) is 6.44. The quantitative estimate of drug-likeness (QED) is 0.495. The van der Waals surface area contributed by atoms with E-state index in [0.717, 1.165) is 12.0 Å². The Bertz CT molecular complexity index is 492. The molecule has 2 rings (SSSR count). The van der Waals surface area contributed by atoms with E-state index >= 15 is 0 Å². The summed E-state index contributed by atoms with van der Waals surface area (Å²) in [7, 11) is 0. The maximum absolute atomic E-state index is 8.67. The fourth-order valence-electron chi connectivity index (χ4n) is 3.59. The first-order chi connectivity index (χ1) is 8.86. The van der Waals surface area contributed by atoms with Crippen LogP contribution in [0.4, 0.5) is 5.69 Å². The Morgan fingerprint density at radius 3 is 2.68 bits per heavy atom. The third-order valence-corrected chi connectivity index (χ3v) is 4.02. The van der Waals surface area contributed by atoms with Crippen molar-refractivity contribution in [2.24, 2.45) is 5.16 Å². The minimum absolute atomic E-state index is 0.174. The number of hydrogen-bond acceptors (Lipinski definition) is 3. The van der Waals surface area contributed by atoms with Gasteiger partial charge in [-0.15, -0.1) is 0 Å². The zero-order valence-corrected chi connectivity index (χ0v) is 12.5. The molecule has 1 N–H and O–H groups in total. The van der Waals surface area contributed by atoms with Crippen LogP contribution in [-0.4, -0.2) is 23.0 Å². The third kappa shape index (κ3) is 2.46. The highest BCUT2D eigenvalue weighted by molar-refractivity contribution is 5.81. The summed E-state index contributed by atoms with van der Waals surface area (Å²) in [6.45, 7) is 11.4. The van der Waals surface area contributed by atoms with Gasteiger partial charge in [0.15, 0.2) is 0 Å². The fourth-order valence-corrected chi connectivity index (χ4v) is 3.59. The Morgan fingerprint density at radius 2 is 2.11 bits per heavy atom. The highest BCUT2D eigenvalue weighted by Crippen LogP contribution is 2.44. The van der Waals surface area contributed by atoms with Crippen molar-refractivity contribution in [3.8, 4) is 0 Å². The Hall–Kier alpha value is -1.51. The van der Waals surface area contributed by atoms with Crippen LogP contribution in [0.2, 0.25) is 0 Å². The molecule has 1 aromatic carbocycles. The van der Waals surface area contributed by atoms with Crippen LogP contribution >= 0.6 is 0 Å². The van der Waals surface area contributed by atoms with Gasteiger partial charge in [0.05, 0.1) is 6.21 Å². The van der Waals surface area contributed by atoms with Crippen LogP contribution in [0.5, 0.6) is 0 Å². The predicted molar refractivity (Wildman–Crippen MR) is 80.5 cm³/mol. The molecule has 104 valence electrons. The molecular weight excluding hydrogens is 236 g/mol. The van der Waals surface area contributed by atoms with Crippen molar-refractivity contribution in [3.63, 3.8) is 0 Å². The summed E-state index contributed by atoms with van der Waals surface area (Å²) in [5, 5.41) is 11.8. The van der Waals surface area contributed by atoms with Gasteiger partial charge >= 0.3 is 0 Å². The monoisotopic (exact) mass is 260 g/mol. The van der Waals surface area contributed by atoms with Crippen molar-refractivity contribution in [1.29, 1.82) is 0 Å². The maximum atomic E-state index is 8.67. The molecule has 0 saturated carbocycles. The van der Waals surface area contributed by atoms with E-state index in [1.165, 1.54) is 17.5 Å². The predicted octanol–water partition coefficient (Wildman–Crippen LogP) is 4.00. The highest BCUT2D eigenvalue weighted by atomic mass is 16.4. The summed E-state index contributed by atoms with van der Waals surface area (Å²) in [5.74, 6) is 0.520. The van der Waals surface area contributed by atoms with Gasteiger partial charge < -0.3 is 10.1 Å². The van der Waals surface area contributed by atoms with Crippen molar-refractivity contribution in [3.05, 3.63) is 29.3 Å². The van der Waals surface area contributed by atoms with Crippen LogP contribution in [-0.2, 0) is 0 Å². The van der Waals surface area contributed by atoms with Gasteiger partial charge in [0.1, 0.15) is 0 Å². The lowest BCUT2D eigenvalue weighted by Gasteiger charge is -2.50. The lowest BCUT2D eigenvalue weighted by molar-refractivity contribution is 0.322. The second kappa shape index (κ2) is 4.87. The molecule has 1 unspecified atom stereocenters. The van der Waals surface area contributed by atoms with Crippen molar-refractivity contribution in [1.82, 2.24) is 0 Å². The topological polar surface area (TPSA) is 35.8 Å². The summed E-state index contributed by atoms with van der Waals surface area (Å²) in [6, 6.07) is 6.79. The number of oxime groups is 1. The molecule has 1 aliphatic heterocycles. The number of rotatable bonds is 2. The van der Waals surface area contributed by atoms with Crippen LogP contribution in [0, 0.1) is 0 Å². The molecule has 3 nitrogen and oxygen atoms in total. The maximum Gasteiger partial charge on any atom is 0.0733 e. The van der Waals surface area contributed by atoms with E-state index in [2.05, 4.69) is 56.8 Å². The lowest BCUT2D eigenvalue weighted by Crippen LogP contribution is -2.51.